The predicted octanol–water partition coefficient (Wildman–Crippen LogP) is 1.12. The summed E-state index contributed by atoms with van der Waals surface area (Å²) in [6.45, 7) is 1.32. The van der Waals surface area contributed by atoms with Crippen LogP contribution in [-0.4, -0.2) is 49.5 Å². The van der Waals surface area contributed by atoms with E-state index in [9.17, 15) is 18.0 Å². The summed E-state index contributed by atoms with van der Waals surface area (Å²) >= 11 is -0.139. The van der Waals surface area contributed by atoms with Crippen molar-refractivity contribution in [1.82, 2.24) is 10.6 Å². The maximum absolute atomic E-state index is 11.9. The standard InChI is InChI=1S/C10H17F3N2O2S/c1-17-9(2-4-14-5-3-9)8(16)15-6-7-18-10(11,12)13/h14H,2-7H2,1H3,(H,15,16). The van der Waals surface area contributed by atoms with E-state index in [4.69, 9.17) is 4.74 Å². The van der Waals surface area contributed by atoms with E-state index in [0.717, 1.165) is 0 Å². The van der Waals surface area contributed by atoms with Gasteiger partial charge < -0.3 is 15.4 Å². The van der Waals surface area contributed by atoms with E-state index >= 15 is 0 Å². The molecule has 2 N–H and O–H groups in total. The van der Waals surface area contributed by atoms with Crippen LogP contribution in [0, 0.1) is 0 Å². The molecule has 106 valence electrons. The van der Waals surface area contributed by atoms with Gasteiger partial charge in [0.05, 0.1) is 0 Å². The first-order valence-corrected chi connectivity index (χ1v) is 6.63. The fourth-order valence-corrected chi connectivity index (χ4v) is 2.28. The average Bonchev–Trinajstić information content (AvgIpc) is 2.34. The highest BCUT2D eigenvalue weighted by Gasteiger charge is 2.39. The number of ether oxygens (including phenoxy) is 1. The van der Waals surface area contributed by atoms with Crippen molar-refractivity contribution < 1.29 is 22.7 Å². The molecule has 1 saturated heterocycles. The van der Waals surface area contributed by atoms with Gasteiger partial charge in [0.1, 0.15) is 5.60 Å². The zero-order chi connectivity index (χ0) is 13.6. The Bertz CT molecular complexity index is 281. The lowest BCUT2D eigenvalue weighted by Crippen LogP contribution is -2.54. The molecule has 1 rings (SSSR count). The second kappa shape index (κ2) is 6.63. The minimum atomic E-state index is -4.25. The number of thioether (sulfide) groups is 1. The van der Waals surface area contributed by atoms with Gasteiger partial charge in [-0.2, -0.15) is 13.2 Å². The van der Waals surface area contributed by atoms with Gasteiger partial charge in [-0.25, -0.2) is 0 Å². The van der Waals surface area contributed by atoms with Gasteiger partial charge in [-0.3, -0.25) is 4.79 Å². The first kappa shape index (κ1) is 15.6. The Morgan fingerprint density at radius 3 is 2.56 bits per heavy atom. The van der Waals surface area contributed by atoms with Crippen molar-refractivity contribution in [2.24, 2.45) is 0 Å². The Kier molecular flexibility index (Phi) is 5.74. The van der Waals surface area contributed by atoms with Crippen molar-refractivity contribution in [3.05, 3.63) is 0 Å². The SMILES string of the molecule is COC1(C(=O)NCCSC(F)(F)F)CCNCC1. The number of carbonyl (C=O) groups is 1. The lowest BCUT2D eigenvalue weighted by atomic mass is 9.91. The second-order valence-corrected chi connectivity index (χ2v) is 5.16. The summed E-state index contributed by atoms with van der Waals surface area (Å²) in [5, 5.41) is 5.61. The van der Waals surface area contributed by atoms with Crippen molar-refractivity contribution in [3.63, 3.8) is 0 Å². The highest BCUT2D eigenvalue weighted by molar-refractivity contribution is 8.00. The van der Waals surface area contributed by atoms with Gasteiger partial charge in [-0.05, 0) is 37.7 Å². The summed E-state index contributed by atoms with van der Waals surface area (Å²) in [7, 11) is 1.45. The van der Waals surface area contributed by atoms with Crippen LogP contribution < -0.4 is 10.6 Å². The number of amides is 1. The number of hydrogen-bond acceptors (Lipinski definition) is 4. The maximum atomic E-state index is 11.9. The highest BCUT2D eigenvalue weighted by Crippen LogP contribution is 2.29. The largest absolute Gasteiger partial charge is 0.441 e. The molecular formula is C10H17F3N2O2S. The van der Waals surface area contributed by atoms with Crippen LogP contribution in [0.4, 0.5) is 13.2 Å². The van der Waals surface area contributed by atoms with Crippen LogP contribution in [0.3, 0.4) is 0 Å². The smallest absolute Gasteiger partial charge is 0.368 e. The lowest BCUT2D eigenvalue weighted by molar-refractivity contribution is -0.146. The Balaban J connectivity index is 2.34. The van der Waals surface area contributed by atoms with E-state index in [-0.39, 0.29) is 30.0 Å². The van der Waals surface area contributed by atoms with Crippen LogP contribution in [0.15, 0.2) is 0 Å². The molecule has 0 aliphatic carbocycles. The van der Waals surface area contributed by atoms with Crippen LogP contribution in [-0.2, 0) is 9.53 Å². The van der Waals surface area contributed by atoms with Crippen molar-refractivity contribution in [2.45, 2.75) is 24.0 Å². The summed E-state index contributed by atoms with van der Waals surface area (Å²) < 4.78 is 40.9. The number of alkyl halides is 3. The molecule has 0 bridgehead atoms. The van der Waals surface area contributed by atoms with E-state index in [1.54, 1.807) is 0 Å². The predicted molar refractivity (Wildman–Crippen MR) is 63.4 cm³/mol. The number of hydrogen-bond donors (Lipinski definition) is 2. The molecule has 0 unspecified atom stereocenters. The molecule has 1 aliphatic rings. The van der Waals surface area contributed by atoms with Crippen LogP contribution in [0.2, 0.25) is 0 Å². The highest BCUT2D eigenvalue weighted by atomic mass is 32.2. The molecule has 0 spiro atoms. The summed E-state index contributed by atoms with van der Waals surface area (Å²) in [6.07, 6.45) is 1.06. The average molecular weight is 286 g/mol. The Morgan fingerprint density at radius 1 is 1.44 bits per heavy atom. The van der Waals surface area contributed by atoms with E-state index in [2.05, 4.69) is 10.6 Å². The topological polar surface area (TPSA) is 50.4 Å². The molecule has 0 atom stereocenters. The number of methoxy groups -OCH3 is 1. The van der Waals surface area contributed by atoms with Crippen molar-refractivity contribution in [3.8, 4) is 0 Å². The van der Waals surface area contributed by atoms with Gasteiger partial charge >= 0.3 is 5.51 Å². The van der Waals surface area contributed by atoms with Gasteiger partial charge in [0.25, 0.3) is 5.91 Å². The molecule has 0 aromatic rings. The first-order chi connectivity index (χ1) is 8.40. The van der Waals surface area contributed by atoms with Gasteiger partial charge in [-0.15, -0.1) is 0 Å². The summed E-state index contributed by atoms with van der Waals surface area (Å²) in [5.74, 6) is -0.512. The van der Waals surface area contributed by atoms with Crippen molar-refractivity contribution in [1.29, 1.82) is 0 Å². The minimum Gasteiger partial charge on any atom is -0.368 e. The van der Waals surface area contributed by atoms with Gasteiger partial charge in [0.15, 0.2) is 0 Å². The van der Waals surface area contributed by atoms with Crippen LogP contribution in [0.1, 0.15) is 12.8 Å². The molecule has 0 radical (unpaired) electrons. The number of rotatable bonds is 5. The minimum absolute atomic E-state index is 0.0124. The zero-order valence-corrected chi connectivity index (χ0v) is 10.9. The molecule has 4 nitrogen and oxygen atoms in total. The van der Waals surface area contributed by atoms with E-state index in [1.165, 1.54) is 7.11 Å². The normalized spacial score (nSPS) is 19.6. The molecule has 1 heterocycles. The fourth-order valence-electron chi connectivity index (χ4n) is 1.85. The molecule has 1 aliphatic heterocycles. The molecule has 8 heteroatoms. The monoisotopic (exact) mass is 286 g/mol. The van der Waals surface area contributed by atoms with Crippen LogP contribution in [0.5, 0.6) is 0 Å². The summed E-state index contributed by atoms with van der Waals surface area (Å²) in [6, 6.07) is 0. The Hall–Kier alpha value is -0.470. The summed E-state index contributed by atoms with van der Waals surface area (Å²) in [5.41, 5.74) is -5.15. The zero-order valence-electron chi connectivity index (χ0n) is 10.1. The number of carbonyl (C=O) groups excluding carboxylic acids is 1. The Labute approximate surface area is 108 Å². The molecule has 0 aromatic heterocycles. The Morgan fingerprint density at radius 2 is 2.06 bits per heavy atom. The van der Waals surface area contributed by atoms with Gasteiger partial charge in [0.2, 0.25) is 0 Å². The maximum Gasteiger partial charge on any atom is 0.441 e. The van der Waals surface area contributed by atoms with Crippen LogP contribution >= 0.6 is 11.8 Å². The van der Waals surface area contributed by atoms with Gasteiger partial charge in [-0.1, -0.05) is 0 Å². The fraction of sp³-hybridized carbons (Fsp3) is 0.900. The molecule has 1 amide bonds. The number of nitrogens with one attached hydrogen (secondary N) is 2. The van der Waals surface area contributed by atoms with Crippen molar-refractivity contribution >= 4 is 17.7 Å². The molecule has 0 aromatic carbocycles. The van der Waals surface area contributed by atoms with Gasteiger partial charge in [0, 0.05) is 19.4 Å². The second-order valence-electron chi connectivity index (χ2n) is 4.00. The molecule has 0 saturated carbocycles. The third-order valence-electron chi connectivity index (χ3n) is 2.87. The quantitative estimate of drug-likeness (QED) is 0.744. The van der Waals surface area contributed by atoms with Crippen molar-refractivity contribution in [2.75, 3.05) is 32.5 Å². The van der Waals surface area contributed by atoms with E-state index in [0.29, 0.717) is 25.9 Å². The first-order valence-electron chi connectivity index (χ1n) is 5.64. The number of halogens is 3. The molecular weight excluding hydrogens is 269 g/mol. The molecule has 18 heavy (non-hydrogen) atoms. The number of piperidine rings is 1. The lowest BCUT2D eigenvalue weighted by Gasteiger charge is -2.34. The van der Waals surface area contributed by atoms with Crippen LogP contribution in [0.25, 0.3) is 0 Å². The van der Waals surface area contributed by atoms with E-state index < -0.39 is 11.1 Å². The third-order valence-corrected chi connectivity index (χ3v) is 3.60. The third kappa shape index (κ3) is 4.66. The molecule has 1 fully saturated rings. The summed E-state index contributed by atoms with van der Waals surface area (Å²) in [4.78, 5) is 11.9. The van der Waals surface area contributed by atoms with E-state index in [1.807, 2.05) is 0 Å².